The maximum Gasteiger partial charge on any atom is 0.224 e. The van der Waals surface area contributed by atoms with E-state index in [4.69, 9.17) is 9.84 Å². The van der Waals surface area contributed by atoms with Crippen LogP contribution >= 0.6 is 0 Å². The third kappa shape index (κ3) is 3.89. The Hall–Kier alpha value is -2.37. The van der Waals surface area contributed by atoms with Gasteiger partial charge in [0.1, 0.15) is 5.75 Å². The molecule has 5 heteroatoms. The van der Waals surface area contributed by atoms with E-state index in [1.54, 1.807) is 7.11 Å². The summed E-state index contributed by atoms with van der Waals surface area (Å²) in [5, 5.41) is 11.9. The molecule has 1 heterocycles. The minimum Gasteiger partial charge on any atom is -0.496 e. The van der Waals surface area contributed by atoms with Crippen LogP contribution in [-0.4, -0.2) is 49.3 Å². The maximum absolute atomic E-state index is 12.9. The van der Waals surface area contributed by atoms with Gasteiger partial charge in [-0.2, -0.15) is 0 Å². The second-order valence-corrected chi connectivity index (χ2v) is 6.40. The lowest BCUT2D eigenvalue weighted by atomic mass is 9.87. The largest absolute Gasteiger partial charge is 0.496 e. The van der Waals surface area contributed by atoms with Gasteiger partial charge in [-0.15, -0.1) is 0 Å². The topological polar surface area (TPSA) is 61.8 Å². The van der Waals surface area contributed by atoms with Crippen LogP contribution in [0, 0.1) is 0 Å². The highest BCUT2D eigenvalue weighted by atomic mass is 16.5. The summed E-state index contributed by atoms with van der Waals surface area (Å²) in [6.45, 7) is 1.84. The lowest BCUT2D eigenvalue weighted by Gasteiger charge is -2.38. The van der Waals surface area contributed by atoms with Gasteiger partial charge in [-0.3, -0.25) is 4.79 Å². The molecule has 1 aliphatic heterocycles. The van der Waals surface area contributed by atoms with E-state index in [0.717, 1.165) is 17.7 Å². The molecule has 5 nitrogen and oxygen atoms in total. The summed E-state index contributed by atoms with van der Waals surface area (Å²) in [5.41, 5.74) is 3.46. The predicted octanol–water partition coefficient (Wildman–Crippen LogP) is 2.14. The lowest BCUT2D eigenvalue weighted by molar-refractivity contribution is -0.133. The molecule has 1 amide bonds. The number of benzene rings is 2. The molecule has 0 spiro atoms. The molecule has 2 aromatic carbocycles. The number of hydrogen-bond donors (Lipinski definition) is 2. The lowest BCUT2D eigenvalue weighted by Crippen LogP contribution is -2.41. The number of aliphatic hydroxyl groups is 1. The van der Waals surface area contributed by atoms with Crippen molar-refractivity contribution in [3.63, 3.8) is 0 Å². The number of carbonyl (C=O) groups is 1. The number of para-hydroxylation sites is 1. The van der Waals surface area contributed by atoms with Crippen LogP contribution in [0.25, 0.3) is 0 Å². The number of methoxy groups -OCH3 is 1. The summed E-state index contributed by atoms with van der Waals surface area (Å²) in [4.78, 5) is 14.9. The van der Waals surface area contributed by atoms with Crippen molar-refractivity contribution in [2.24, 2.45) is 0 Å². The number of aliphatic hydroxyl groups excluding tert-OH is 1. The highest BCUT2D eigenvalue weighted by Crippen LogP contribution is 2.39. The first kappa shape index (κ1) is 18.4. The monoisotopic (exact) mass is 354 g/mol. The molecule has 2 N–H and O–H groups in total. The molecule has 0 saturated heterocycles. The Morgan fingerprint density at radius 2 is 1.88 bits per heavy atom. The van der Waals surface area contributed by atoms with E-state index in [1.807, 2.05) is 35.2 Å². The molecule has 3 rings (SSSR count). The molecule has 1 aliphatic rings. The zero-order valence-electron chi connectivity index (χ0n) is 15.1. The molecular weight excluding hydrogens is 328 g/mol. The second kappa shape index (κ2) is 8.83. The quantitative estimate of drug-likeness (QED) is 0.748. The summed E-state index contributed by atoms with van der Waals surface area (Å²) < 4.78 is 5.58. The molecule has 1 atom stereocenters. The average molecular weight is 354 g/mol. The average Bonchev–Trinajstić information content (AvgIpc) is 2.70. The second-order valence-electron chi connectivity index (χ2n) is 6.40. The third-order valence-corrected chi connectivity index (χ3v) is 4.84. The highest BCUT2D eigenvalue weighted by Gasteiger charge is 2.33. The Morgan fingerprint density at radius 3 is 2.65 bits per heavy atom. The SMILES string of the molecule is COc1ccccc1[C@@H]1c2ccccc2CCN1C(=O)CCNCCO. The van der Waals surface area contributed by atoms with Gasteiger partial charge in [-0.25, -0.2) is 0 Å². The van der Waals surface area contributed by atoms with Crippen LogP contribution in [0.3, 0.4) is 0 Å². The minimum absolute atomic E-state index is 0.0785. The van der Waals surface area contributed by atoms with E-state index in [2.05, 4.69) is 23.5 Å². The van der Waals surface area contributed by atoms with Crippen LogP contribution in [-0.2, 0) is 11.2 Å². The van der Waals surface area contributed by atoms with Gasteiger partial charge in [0, 0.05) is 31.6 Å². The fourth-order valence-corrected chi connectivity index (χ4v) is 3.61. The predicted molar refractivity (Wildman–Crippen MR) is 101 cm³/mol. The molecule has 0 bridgehead atoms. The van der Waals surface area contributed by atoms with Crippen LogP contribution in [0.1, 0.15) is 29.2 Å². The first-order valence-corrected chi connectivity index (χ1v) is 9.08. The standard InChI is InChI=1S/C21H26N2O3/c1-26-19-9-5-4-8-18(19)21-17-7-3-2-6-16(17)11-14-23(21)20(25)10-12-22-13-15-24/h2-9,21-22,24H,10-15H2,1H3/t21-/m0/s1. The van der Waals surface area contributed by atoms with E-state index in [-0.39, 0.29) is 18.6 Å². The van der Waals surface area contributed by atoms with Gasteiger partial charge in [0.25, 0.3) is 0 Å². The van der Waals surface area contributed by atoms with Gasteiger partial charge in [0.15, 0.2) is 0 Å². The fourth-order valence-electron chi connectivity index (χ4n) is 3.61. The Morgan fingerprint density at radius 1 is 1.15 bits per heavy atom. The summed E-state index contributed by atoms with van der Waals surface area (Å²) in [7, 11) is 1.67. The van der Waals surface area contributed by atoms with Crippen molar-refractivity contribution in [1.82, 2.24) is 10.2 Å². The number of hydrogen-bond acceptors (Lipinski definition) is 4. The van der Waals surface area contributed by atoms with Crippen molar-refractivity contribution in [2.75, 3.05) is 33.4 Å². The summed E-state index contributed by atoms with van der Waals surface area (Å²) in [6, 6.07) is 16.1. The fraction of sp³-hybridized carbons (Fsp3) is 0.381. The Balaban J connectivity index is 1.92. The van der Waals surface area contributed by atoms with Gasteiger partial charge < -0.3 is 20.1 Å². The van der Waals surface area contributed by atoms with Crippen molar-refractivity contribution < 1.29 is 14.6 Å². The maximum atomic E-state index is 12.9. The van der Waals surface area contributed by atoms with Crippen molar-refractivity contribution in [2.45, 2.75) is 18.9 Å². The molecule has 0 fully saturated rings. The zero-order chi connectivity index (χ0) is 18.4. The highest BCUT2D eigenvalue weighted by molar-refractivity contribution is 5.78. The van der Waals surface area contributed by atoms with E-state index in [0.29, 0.717) is 26.1 Å². The van der Waals surface area contributed by atoms with Crippen molar-refractivity contribution in [3.8, 4) is 5.75 Å². The number of rotatable bonds is 7. The third-order valence-electron chi connectivity index (χ3n) is 4.84. The number of nitrogens with zero attached hydrogens (tertiary/aromatic N) is 1. The van der Waals surface area contributed by atoms with Crippen LogP contribution in [0.15, 0.2) is 48.5 Å². The summed E-state index contributed by atoms with van der Waals surface area (Å²) in [5.74, 6) is 0.909. The zero-order valence-corrected chi connectivity index (χ0v) is 15.1. The molecule has 0 unspecified atom stereocenters. The molecule has 2 aromatic rings. The number of fused-ring (bicyclic) bond motifs is 1. The number of amides is 1. The molecule has 0 saturated carbocycles. The number of ether oxygens (including phenoxy) is 1. The van der Waals surface area contributed by atoms with Gasteiger partial charge in [0.05, 0.1) is 19.8 Å². The Kier molecular flexibility index (Phi) is 6.26. The molecule has 0 aromatic heterocycles. The first-order chi connectivity index (χ1) is 12.8. The van der Waals surface area contributed by atoms with Crippen molar-refractivity contribution >= 4 is 5.91 Å². The van der Waals surface area contributed by atoms with Crippen LogP contribution in [0.5, 0.6) is 5.75 Å². The smallest absolute Gasteiger partial charge is 0.224 e. The van der Waals surface area contributed by atoms with Crippen LogP contribution in [0.4, 0.5) is 0 Å². The van der Waals surface area contributed by atoms with Crippen molar-refractivity contribution in [3.05, 3.63) is 65.2 Å². The number of nitrogens with one attached hydrogen (secondary N) is 1. The normalized spacial score (nSPS) is 16.2. The van der Waals surface area contributed by atoms with Crippen molar-refractivity contribution in [1.29, 1.82) is 0 Å². The Bertz CT molecular complexity index is 748. The summed E-state index contributed by atoms with van der Waals surface area (Å²) in [6.07, 6.45) is 1.27. The van der Waals surface area contributed by atoms with E-state index < -0.39 is 0 Å². The minimum atomic E-state index is -0.138. The van der Waals surface area contributed by atoms with Gasteiger partial charge in [-0.05, 0) is 23.6 Å². The number of carbonyl (C=O) groups excluding carboxylic acids is 1. The van der Waals surface area contributed by atoms with Crippen LogP contribution < -0.4 is 10.1 Å². The summed E-state index contributed by atoms with van der Waals surface area (Å²) >= 11 is 0. The van der Waals surface area contributed by atoms with E-state index >= 15 is 0 Å². The first-order valence-electron chi connectivity index (χ1n) is 9.08. The van der Waals surface area contributed by atoms with E-state index in [9.17, 15) is 4.79 Å². The molecule has 0 aliphatic carbocycles. The molecule has 138 valence electrons. The Labute approximate surface area is 154 Å². The van der Waals surface area contributed by atoms with Crippen LogP contribution in [0.2, 0.25) is 0 Å². The molecule has 26 heavy (non-hydrogen) atoms. The van der Waals surface area contributed by atoms with E-state index in [1.165, 1.54) is 11.1 Å². The molecule has 0 radical (unpaired) electrons. The van der Waals surface area contributed by atoms with Gasteiger partial charge in [0.2, 0.25) is 5.91 Å². The van der Waals surface area contributed by atoms with Gasteiger partial charge in [-0.1, -0.05) is 42.5 Å². The van der Waals surface area contributed by atoms with Gasteiger partial charge >= 0.3 is 0 Å². The molecular formula is C21H26N2O3.